The summed E-state index contributed by atoms with van der Waals surface area (Å²) < 4.78 is 5.35. The van der Waals surface area contributed by atoms with Crippen molar-refractivity contribution >= 4 is 17.8 Å². The van der Waals surface area contributed by atoms with Crippen LogP contribution in [0.5, 0.6) is 5.75 Å². The van der Waals surface area contributed by atoms with E-state index in [-0.39, 0.29) is 22.2 Å². The lowest BCUT2D eigenvalue weighted by atomic mass is 9.61. The highest BCUT2D eigenvalue weighted by Crippen LogP contribution is 2.50. The van der Waals surface area contributed by atoms with Crippen LogP contribution in [-0.2, 0) is 10.8 Å². The van der Waals surface area contributed by atoms with Crippen LogP contribution in [0.3, 0.4) is 0 Å². The third-order valence-electron chi connectivity index (χ3n) is 7.19. The van der Waals surface area contributed by atoms with E-state index in [0.717, 1.165) is 35.3 Å². The van der Waals surface area contributed by atoms with E-state index in [9.17, 15) is 9.59 Å². The minimum atomic E-state index is -0.970. The van der Waals surface area contributed by atoms with Crippen LogP contribution in [0.4, 0.5) is 0 Å². The van der Waals surface area contributed by atoms with Crippen molar-refractivity contribution in [2.45, 2.75) is 51.4 Å². The first-order chi connectivity index (χ1) is 16.5. The summed E-state index contributed by atoms with van der Waals surface area (Å²) in [5.74, 6) is -0.252. The highest BCUT2D eigenvalue weighted by molar-refractivity contribution is 6.08. The van der Waals surface area contributed by atoms with Crippen molar-refractivity contribution in [2.75, 3.05) is 7.11 Å². The minimum absolute atomic E-state index is 0.0105. The molecular formula is C31H32O4. The number of carboxylic acid groups (broad SMARTS) is 1. The molecule has 0 spiro atoms. The summed E-state index contributed by atoms with van der Waals surface area (Å²) in [6, 6.07) is 18.6. The summed E-state index contributed by atoms with van der Waals surface area (Å²) >= 11 is 0. The lowest BCUT2D eigenvalue weighted by molar-refractivity contribution is 0.0696. The molecule has 1 aliphatic carbocycles. The van der Waals surface area contributed by atoms with Crippen molar-refractivity contribution in [2.24, 2.45) is 0 Å². The van der Waals surface area contributed by atoms with Crippen molar-refractivity contribution in [1.29, 1.82) is 0 Å². The molecule has 3 aromatic carbocycles. The molecule has 35 heavy (non-hydrogen) atoms. The number of ether oxygens (including phenoxy) is 1. The van der Waals surface area contributed by atoms with Gasteiger partial charge in [0.05, 0.1) is 12.7 Å². The number of rotatable bonds is 6. The van der Waals surface area contributed by atoms with Crippen LogP contribution in [-0.4, -0.2) is 24.0 Å². The summed E-state index contributed by atoms with van der Waals surface area (Å²) in [5.41, 5.74) is 6.28. The van der Waals surface area contributed by atoms with Gasteiger partial charge >= 0.3 is 5.97 Å². The van der Waals surface area contributed by atoms with Gasteiger partial charge < -0.3 is 9.84 Å². The molecule has 4 rings (SSSR count). The molecule has 4 heteroatoms. The summed E-state index contributed by atoms with van der Waals surface area (Å²) in [4.78, 5) is 24.4. The van der Waals surface area contributed by atoms with Gasteiger partial charge in [0.2, 0.25) is 0 Å². The Balaban J connectivity index is 1.80. The highest BCUT2D eigenvalue weighted by atomic mass is 16.5. The van der Waals surface area contributed by atoms with Crippen molar-refractivity contribution < 1.29 is 19.4 Å². The van der Waals surface area contributed by atoms with E-state index < -0.39 is 5.97 Å². The Kier molecular flexibility index (Phi) is 6.42. The third-order valence-corrected chi connectivity index (χ3v) is 7.19. The number of carbonyl (C=O) groups is 2. The predicted octanol–water partition coefficient (Wildman–Crippen LogP) is 7.31. The first kappa shape index (κ1) is 24.5. The second-order valence-electron chi connectivity index (χ2n) is 10.6. The van der Waals surface area contributed by atoms with Gasteiger partial charge in [-0.3, -0.25) is 4.79 Å². The quantitative estimate of drug-likeness (QED) is 0.304. The number of fused-ring (bicyclic) bond motifs is 1. The van der Waals surface area contributed by atoms with Crippen LogP contribution in [0.15, 0.2) is 66.7 Å². The second kappa shape index (κ2) is 9.18. The normalized spacial score (nSPS) is 16.0. The van der Waals surface area contributed by atoms with E-state index in [1.807, 2.05) is 18.2 Å². The third kappa shape index (κ3) is 4.93. The molecule has 0 amide bonds. The number of carboxylic acids is 1. The van der Waals surface area contributed by atoms with Gasteiger partial charge in [0, 0.05) is 5.56 Å². The van der Waals surface area contributed by atoms with Crippen LogP contribution < -0.4 is 4.74 Å². The van der Waals surface area contributed by atoms with Crippen molar-refractivity contribution in [3.05, 3.63) is 94.6 Å². The molecule has 0 radical (unpaired) electrons. The standard InChI is InChI=1S/C31H32O4/c1-30(2)16-17-31(3,4)28-25(21-11-13-24(35-5)14-12-21)18-23(19-26(28)30)27(32)15-8-20-6-9-22(10-7-20)29(33)34/h6-15,18-19H,16-17H2,1-5H3,(H,33,34)/b15-8-. The highest BCUT2D eigenvalue weighted by Gasteiger charge is 2.39. The average Bonchev–Trinajstić information content (AvgIpc) is 2.85. The fraction of sp³-hybridized carbons (Fsp3) is 0.290. The molecule has 1 N–H and O–H groups in total. The smallest absolute Gasteiger partial charge is 0.335 e. The number of carbonyl (C=O) groups excluding carboxylic acids is 1. The maximum absolute atomic E-state index is 13.3. The van der Waals surface area contributed by atoms with Crippen molar-refractivity contribution in [3.63, 3.8) is 0 Å². The zero-order valence-electron chi connectivity index (χ0n) is 21.0. The van der Waals surface area contributed by atoms with Crippen LogP contribution in [0.2, 0.25) is 0 Å². The maximum Gasteiger partial charge on any atom is 0.335 e. The molecule has 3 aromatic rings. The van der Waals surface area contributed by atoms with E-state index in [1.54, 1.807) is 31.4 Å². The van der Waals surface area contributed by atoms with Gasteiger partial charge in [0.15, 0.2) is 5.78 Å². The summed E-state index contributed by atoms with van der Waals surface area (Å²) in [6.45, 7) is 9.09. The molecule has 0 aromatic heterocycles. The molecule has 180 valence electrons. The maximum atomic E-state index is 13.3. The fourth-order valence-electron chi connectivity index (χ4n) is 4.94. The molecule has 0 fully saturated rings. The van der Waals surface area contributed by atoms with E-state index >= 15 is 0 Å². The molecule has 0 saturated carbocycles. The molecular weight excluding hydrogens is 436 g/mol. The Hall–Kier alpha value is -3.66. The van der Waals surface area contributed by atoms with Gasteiger partial charge in [-0.2, -0.15) is 0 Å². The molecule has 4 nitrogen and oxygen atoms in total. The van der Waals surface area contributed by atoms with Gasteiger partial charge in [0.25, 0.3) is 0 Å². The van der Waals surface area contributed by atoms with Gasteiger partial charge in [-0.1, -0.05) is 58.0 Å². The Bertz CT molecular complexity index is 1290. The Morgan fingerprint density at radius 3 is 2.09 bits per heavy atom. The topological polar surface area (TPSA) is 63.6 Å². The SMILES string of the molecule is COc1ccc(-c2cc(C(=O)/C=C\c3ccc(C(=O)O)cc3)cc3c2C(C)(C)CCC3(C)C)cc1. The van der Waals surface area contributed by atoms with E-state index in [0.29, 0.717) is 5.56 Å². The minimum Gasteiger partial charge on any atom is -0.497 e. The van der Waals surface area contributed by atoms with Gasteiger partial charge in [-0.25, -0.2) is 4.79 Å². The molecule has 0 unspecified atom stereocenters. The van der Waals surface area contributed by atoms with E-state index in [1.165, 1.54) is 23.3 Å². The zero-order chi connectivity index (χ0) is 25.4. The second-order valence-corrected chi connectivity index (χ2v) is 10.6. The van der Waals surface area contributed by atoms with Gasteiger partial charge in [0.1, 0.15) is 5.75 Å². The molecule has 1 aliphatic rings. The van der Waals surface area contributed by atoms with Crippen molar-refractivity contribution in [1.82, 2.24) is 0 Å². The van der Waals surface area contributed by atoms with Crippen LogP contribution in [0, 0.1) is 0 Å². The molecule has 0 heterocycles. The van der Waals surface area contributed by atoms with E-state index in [2.05, 4.69) is 45.9 Å². The lowest BCUT2D eigenvalue weighted by Crippen LogP contribution is -2.34. The first-order valence-electron chi connectivity index (χ1n) is 11.9. The van der Waals surface area contributed by atoms with Crippen LogP contribution >= 0.6 is 0 Å². The van der Waals surface area contributed by atoms with E-state index in [4.69, 9.17) is 9.84 Å². The predicted molar refractivity (Wildman–Crippen MR) is 140 cm³/mol. The number of aromatic carboxylic acids is 1. The lowest BCUT2D eigenvalue weighted by Gasteiger charge is -2.43. The van der Waals surface area contributed by atoms with Crippen molar-refractivity contribution in [3.8, 4) is 16.9 Å². The average molecular weight is 469 g/mol. The van der Waals surface area contributed by atoms with Gasteiger partial charge in [-0.05, 0) is 94.0 Å². The first-order valence-corrected chi connectivity index (χ1v) is 11.9. The van der Waals surface area contributed by atoms with Crippen LogP contribution in [0.1, 0.15) is 77.9 Å². The largest absolute Gasteiger partial charge is 0.497 e. The van der Waals surface area contributed by atoms with Gasteiger partial charge in [-0.15, -0.1) is 0 Å². The number of ketones is 1. The summed E-state index contributed by atoms with van der Waals surface area (Å²) in [6.07, 6.45) is 5.43. The molecule has 0 aliphatic heterocycles. The number of allylic oxidation sites excluding steroid dienone is 1. The Morgan fingerprint density at radius 1 is 0.857 bits per heavy atom. The fourth-order valence-corrected chi connectivity index (χ4v) is 4.94. The molecule has 0 saturated heterocycles. The molecule has 0 atom stereocenters. The Labute approximate surface area is 207 Å². The monoisotopic (exact) mass is 468 g/mol. The number of hydrogen-bond acceptors (Lipinski definition) is 3. The Morgan fingerprint density at radius 2 is 1.49 bits per heavy atom. The molecule has 0 bridgehead atoms. The number of hydrogen-bond donors (Lipinski definition) is 1. The number of methoxy groups -OCH3 is 1. The zero-order valence-corrected chi connectivity index (χ0v) is 21.0. The summed E-state index contributed by atoms with van der Waals surface area (Å²) in [5, 5.41) is 9.09. The number of benzene rings is 3. The van der Waals surface area contributed by atoms with Crippen LogP contribution in [0.25, 0.3) is 17.2 Å². The summed E-state index contributed by atoms with van der Waals surface area (Å²) in [7, 11) is 1.66.